The normalized spacial score (nSPS) is 14.1. The van der Waals surface area contributed by atoms with Gasteiger partial charge in [0, 0.05) is 18.9 Å². The maximum atomic E-state index is 10.9. The van der Waals surface area contributed by atoms with Gasteiger partial charge in [-0.1, -0.05) is 36.4 Å². The molecule has 0 bridgehead atoms. The number of pyridine rings is 1. The molecule has 0 aliphatic heterocycles. The molecule has 0 saturated heterocycles. The highest BCUT2D eigenvalue weighted by molar-refractivity contribution is 5.48. The van der Waals surface area contributed by atoms with Gasteiger partial charge in [-0.3, -0.25) is 0 Å². The van der Waals surface area contributed by atoms with Crippen molar-refractivity contribution >= 4 is 5.82 Å². The number of nitrogen functional groups attached to an aromatic ring is 1. The second-order valence-electron chi connectivity index (χ2n) is 4.10. The van der Waals surface area contributed by atoms with E-state index in [2.05, 4.69) is 4.98 Å². The Hall–Kier alpha value is -1.91. The molecule has 1 heterocycles. The van der Waals surface area contributed by atoms with Gasteiger partial charge in [-0.15, -0.1) is 0 Å². The molecule has 94 valence electrons. The van der Waals surface area contributed by atoms with Crippen molar-refractivity contribution in [1.82, 2.24) is 4.98 Å². The summed E-state index contributed by atoms with van der Waals surface area (Å²) in [6.07, 6.45) is 1.59. The Morgan fingerprint density at radius 3 is 2.56 bits per heavy atom. The van der Waals surface area contributed by atoms with E-state index in [4.69, 9.17) is 10.5 Å². The molecule has 1 aromatic heterocycles. The molecule has 0 aliphatic rings. The van der Waals surface area contributed by atoms with Crippen LogP contribution in [0.2, 0.25) is 0 Å². The zero-order chi connectivity index (χ0) is 13.0. The summed E-state index contributed by atoms with van der Waals surface area (Å²) < 4.78 is 5.14. The van der Waals surface area contributed by atoms with Crippen LogP contribution in [0.5, 0.6) is 0 Å². The average molecular weight is 244 g/mol. The van der Waals surface area contributed by atoms with Gasteiger partial charge in [0.05, 0.1) is 6.61 Å². The van der Waals surface area contributed by atoms with Crippen LogP contribution >= 0.6 is 0 Å². The Bertz CT molecular complexity index is 516. The number of ether oxygens (including phenoxy) is 1. The minimum absolute atomic E-state index is 0.118. The lowest BCUT2D eigenvalue weighted by Gasteiger charge is -2.29. The van der Waals surface area contributed by atoms with Crippen molar-refractivity contribution < 1.29 is 9.84 Å². The molecule has 1 unspecified atom stereocenters. The lowest BCUT2D eigenvalue weighted by molar-refractivity contribution is -0.00292. The topological polar surface area (TPSA) is 68.4 Å². The van der Waals surface area contributed by atoms with E-state index in [-0.39, 0.29) is 6.61 Å². The van der Waals surface area contributed by atoms with Crippen molar-refractivity contribution in [3.63, 3.8) is 0 Å². The Morgan fingerprint density at radius 1 is 1.22 bits per heavy atom. The molecule has 0 radical (unpaired) electrons. The van der Waals surface area contributed by atoms with E-state index in [0.717, 1.165) is 5.56 Å². The number of hydrogen-bond acceptors (Lipinski definition) is 4. The van der Waals surface area contributed by atoms with Crippen LogP contribution in [-0.4, -0.2) is 23.8 Å². The molecule has 0 amide bonds. The first-order valence-electron chi connectivity index (χ1n) is 5.66. The third-order valence-corrected chi connectivity index (χ3v) is 2.89. The number of aliphatic hydroxyl groups is 1. The number of methoxy groups -OCH3 is 1. The van der Waals surface area contributed by atoms with Gasteiger partial charge >= 0.3 is 0 Å². The first kappa shape index (κ1) is 12.5. The van der Waals surface area contributed by atoms with Gasteiger partial charge in [0.2, 0.25) is 0 Å². The van der Waals surface area contributed by atoms with Crippen molar-refractivity contribution in [2.75, 3.05) is 19.5 Å². The zero-order valence-electron chi connectivity index (χ0n) is 10.2. The molecular weight excluding hydrogens is 228 g/mol. The van der Waals surface area contributed by atoms with E-state index >= 15 is 0 Å². The van der Waals surface area contributed by atoms with E-state index in [1.807, 2.05) is 30.3 Å². The van der Waals surface area contributed by atoms with Crippen molar-refractivity contribution in [3.8, 4) is 0 Å². The molecule has 0 saturated carbocycles. The van der Waals surface area contributed by atoms with Gasteiger partial charge in [-0.05, 0) is 11.6 Å². The van der Waals surface area contributed by atoms with E-state index in [0.29, 0.717) is 11.4 Å². The van der Waals surface area contributed by atoms with Crippen LogP contribution in [0.25, 0.3) is 0 Å². The molecule has 0 spiro atoms. The van der Waals surface area contributed by atoms with Crippen LogP contribution in [0.3, 0.4) is 0 Å². The fourth-order valence-corrected chi connectivity index (χ4v) is 2.01. The number of nitrogens with two attached hydrogens (primary N) is 1. The lowest BCUT2D eigenvalue weighted by Crippen LogP contribution is -2.33. The van der Waals surface area contributed by atoms with E-state index in [1.54, 1.807) is 25.4 Å². The number of rotatable bonds is 4. The maximum Gasteiger partial charge on any atom is 0.141 e. The highest BCUT2D eigenvalue weighted by Crippen LogP contribution is 2.32. The third-order valence-electron chi connectivity index (χ3n) is 2.89. The smallest absolute Gasteiger partial charge is 0.141 e. The molecule has 1 atom stereocenters. The Morgan fingerprint density at radius 2 is 1.94 bits per heavy atom. The number of nitrogens with zero attached hydrogens (tertiary/aromatic N) is 1. The summed E-state index contributed by atoms with van der Waals surface area (Å²) in [7, 11) is 1.54. The predicted octanol–water partition coefficient (Wildman–Crippen LogP) is 1.55. The quantitative estimate of drug-likeness (QED) is 0.856. The van der Waals surface area contributed by atoms with Crippen molar-refractivity contribution in [1.29, 1.82) is 0 Å². The Kier molecular flexibility index (Phi) is 3.60. The molecule has 2 rings (SSSR count). The fourth-order valence-electron chi connectivity index (χ4n) is 2.01. The minimum atomic E-state index is -1.28. The molecule has 0 fully saturated rings. The largest absolute Gasteiger partial charge is 0.383 e. The first-order valence-corrected chi connectivity index (χ1v) is 5.66. The van der Waals surface area contributed by atoms with Crippen molar-refractivity contribution in [3.05, 3.63) is 59.8 Å². The third kappa shape index (κ3) is 2.20. The standard InChI is InChI=1S/C14H16N2O2/c1-18-10-14(17,11-6-3-2-4-7-11)12-8-5-9-16-13(12)15/h2-9,17H,10H2,1H3,(H2,15,16). The molecular formula is C14H16N2O2. The molecule has 2 aromatic rings. The van der Waals surface area contributed by atoms with Gasteiger partial charge in [0.1, 0.15) is 11.4 Å². The monoisotopic (exact) mass is 244 g/mol. The Labute approximate surface area is 106 Å². The summed E-state index contributed by atoms with van der Waals surface area (Å²) in [5.41, 5.74) is 5.85. The predicted molar refractivity (Wildman–Crippen MR) is 70.0 cm³/mol. The average Bonchev–Trinajstić information content (AvgIpc) is 2.40. The van der Waals surface area contributed by atoms with Gasteiger partial charge in [-0.2, -0.15) is 0 Å². The summed E-state index contributed by atoms with van der Waals surface area (Å²) in [5.74, 6) is 0.306. The highest BCUT2D eigenvalue weighted by atomic mass is 16.5. The van der Waals surface area contributed by atoms with Crippen molar-refractivity contribution in [2.24, 2.45) is 0 Å². The number of benzene rings is 1. The van der Waals surface area contributed by atoms with Crippen LogP contribution in [-0.2, 0) is 10.3 Å². The summed E-state index contributed by atoms with van der Waals surface area (Å²) in [5, 5.41) is 10.9. The van der Waals surface area contributed by atoms with Crippen molar-refractivity contribution in [2.45, 2.75) is 5.60 Å². The summed E-state index contributed by atoms with van der Waals surface area (Å²) in [4.78, 5) is 4.02. The first-order chi connectivity index (χ1) is 8.68. The van der Waals surface area contributed by atoms with E-state index in [9.17, 15) is 5.11 Å². The second kappa shape index (κ2) is 5.16. The number of hydrogen-bond donors (Lipinski definition) is 2. The lowest BCUT2D eigenvalue weighted by atomic mass is 9.87. The number of anilines is 1. The van der Waals surface area contributed by atoms with Gasteiger partial charge in [0.25, 0.3) is 0 Å². The Balaban J connectivity index is 2.55. The van der Waals surface area contributed by atoms with Crippen LogP contribution < -0.4 is 5.73 Å². The van der Waals surface area contributed by atoms with Gasteiger partial charge in [0.15, 0.2) is 0 Å². The molecule has 1 aromatic carbocycles. The van der Waals surface area contributed by atoms with E-state index in [1.165, 1.54) is 0 Å². The van der Waals surface area contributed by atoms with Crippen LogP contribution in [0.4, 0.5) is 5.82 Å². The zero-order valence-corrected chi connectivity index (χ0v) is 10.2. The fraction of sp³-hybridized carbons (Fsp3) is 0.214. The highest BCUT2D eigenvalue weighted by Gasteiger charge is 2.33. The number of aromatic nitrogens is 1. The van der Waals surface area contributed by atoms with Crippen LogP contribution in [0, 0.1) is 0 Å². The van der Waals surface area contributed by atoms with Gasteiger partial charge < -0.3 is 15.6 Å². The molecule has 4 nitrogen and oxygen atoms in total. The SMILES string of the molecule is COCC(O)(c1ccccc1)c1cccnc1N. The second-order valence-corrected chi connectivity index (χ2v) is 4.10. The summed E-state index contributed by atoms with van der Waals surface area (Å²) >= 11 is 0. The summed E-state index contributed by atoms with van der Waals surface area (Å²) in [6.45, 7) is 0.118. The minimum Gasteiger partial charge on any atom is -0.383 e. The van der Waals surface area contributed by atoms with Crippen LogP contribution in [0.1, 0.15) is 11.1 Å². The molecule has 0 aliphatic carbocycles. The molecule has 18 heavy (non-hydrogen) atoms. The molecule has 4 heteroatoms. The summed E-state index contributed by atoms with van der Waals surface area (Å²) in [6, 6.07) is 12.8. The van der Waals surface area contributed by atoms with Gasteiger partial charge in [-0.25, -0.2) is 4.98 Å². The maximum absolute atomic E-state index is 10.9. The van der Waals surface area contributed by atoms with Crippen LogP contribution in [0.15, 0.2) is 48.7 Å². The molecule has 3 N–H and O–H groups in total. The van der Waals surface area contributed by atoms with E-state index < -0.39 is 5.60 Å².